The highest BCUT2D eigenvalue weighted by atomic mass is 16.8. The summed E-state index contributed by atoms with van der Waals surface area (Å²) in [5, 5.41) is 76.8. The molecule has 4 saturated heterocycles. The van der Waals surface area contributed by atoms with Gasteiger partial charge in [-0.25, -0.2) is 0 Å². The molecule has 4 aliphatic heterocycles. The molecule has 4 fully saturated rings. The van der Waals surface area contributed by atoms with Crippen LogP contribution in [0.1, 0.15) is 53.9 Å². The molecule has 4 heterocycles. The minimum absolute atomic E-state index is 0.133. The number of rotatable bonds is 18. The summed E-state index contributed by atoms with van der Waals surface area (Å²) >= 11 is 0. The maximum atomic E-state index is 12.5. The summed E-state index contributed by atoms with van der Waals surface area (Å²) in [5.41, 5.74) is 5.54. The Hall–Kier alpha value is -2.27. The Labute approximate surface area is 340 Å². The second kappa shape index (κ2) is 22.7. The van der Waals surface area contributed by atoms with E-state index in [1.807, 2.05) is 0 Å². The van der Waals surface area contributed by atoms with Crippen LogP contribution in [0.15, 0.2) is 0 Å². The molecule has 4 aliphatic rings. The lowest BCUT2D eigenvalue weighted by molar-refractivity contribution is -0.388. The summed E-state index contributed by atoms with van der Waals surface area (Å²) in [6.45, 7) is 5.25. The molecule has 23 nitrogen and oxygen atoms in total. The van der Waals surface area contributed by atoms with Crippen molar-refractivity contribution in [2.45, 2.75) is 177 Å². The summed E-state index contributed by atoms with van der Waals surface area (Å²) in [6.07, 6.45) is -28.6. The van der Waals surface area contributed by atoms with Crippen LogP contribution in [-0.4, -0.2) is 210 Å². The van der Waals surface area contributed by atoms with Crippen LogP contribution in [0.5, 0.6) is 0 Å². The molecule has 0 aromatic heterocycles. The first-order valence-corrected chi connectivity index (χ1v) is 19.5. The van der Waals surface area contributed by atoms with Crippen LogP contribution in [0, 0.1) is 0 Å². The van der Waals surface area contributed by atoms with Crippen molar-refractivity contribution in [2.75, 3.05) is 33.5 Å². The molecule has 0 radical (unpaired) electrons. The molecule has 20 atom stereocenters. The summed E-state index contributed by atoms with van der Waals surface area (Å²) in [5.74, 6) is -2.41. The van der Waals surface area contributed by atoms with Crippen LogP contribution in [0.25, 0.3) is 0 Å². The lowest BCUT2D eigenvalue weighted by Crippen LogP contribution is -2.68. The van der Waals surface area contributed by atoms with E-state index in [9.17, 15) is 50.1 Å². The van der Waals surface area contributed by atoms with E-state index in [-0.39, 0.29) is 6.61 Å². The van der Waals surface area contributed by atoms with E-state index in [1.54, 1.807) is 0 Å². The normalized spacial score (nSPS) is 42.8. The van der Waals surface area contributed by atoms with Crippen molar-refractivity contribution >= 4 is 17.9 Å². The zero-order valence-corrected chi connectivity index (χ0v) is 33.8. The predicted octanol–water partition coefficient (Wildman–Crippen LogP) is -4.17. The van der Waals surface area contributed by atoms with Crippen molar-refractivity contribution in [3.8, 4) is 0 Å². The number of methoxy groups -OCH3 is 1. The number of unbranched alkanes of at least 4 members (excludes halogenated alkanes) is 2. The van der Waals surface area contributed by atoms with Crippen LogP contribution in [0.2, 0.25) is 0 Å². The highest BCUT2D eigenvalue weighted by molar-refractivity contribution is 5.67. The van der Waals surface area contributed by atoms with Gasteiger partial charge in [-0.1, -0.05) is 0 Å². The number of ether oxygens (including phenoxy) is 12. The van der Waals surface area contributed by atoms with E-state index in [0.29, 0.717) is 13.0 Å². The molecule has 0 aliphatic carbocycles. The van der Waals surface area contributed by atoms with Gasteiger partial charge in [-0.05, 0) is 39.7 Å². The topological polar surface area (TPSA) is 330 Å². The van der Waals surface area contributed by atoms with E-state index >= 15 is 0 Å². The molecule has 0 spiro atoms. The average molecular weight is 860 g/mol. The van der Waals surface area contributed by atoms with Gasteiger partial charge >= 0.3 is 17.9 Å². The molecule has 342 valence electrons. The first-order chi connectivity index (χ1) is 28.0. The largest absolute Gasteiger partial charge is 0.457 e. The first-order valence-electron chi connectivity index (χ1n) is 19.5. The lowest BCUT2D eigenvalue weighted by atomic mass is 9.95. The van der Waals surface area contributed by atoms with Crippen molar-refractivity contribution in [1.29, 1.82) is 0 Å². The quantitative estimate of drug-likeness (QED) is 0.0368. The molecule has 9 N–H and O–H groups in total. The number of hydrogen-bond donors (Lipinski definition) is 8. The summed E-state index contributed by atoms with van der Waals surface area (Å²) in [6, 6.07) is 0. The Kier molecular flexibility index (Phi) is 19.0. The fourth-order valence-corrected chi connectivity index (χ4v) is 7.35. The number of esters is 3. The zero-order chi connectivity index (χ0) is 43.7. The van der Waals surface area contributed by atoms with E-state index in [0.717, 1.165) is 33.6 Å². The highest BCUT2D eigenvalue weighted by Crippen LogP contribution is 2.36. The minimum Gasteiger partial charge on any atom is -0.457 e. The van der Waals surface area contributed by atoms with Crippen molar-refractivity contribution < 1.29 is 107 Å². The first kappa shape index (κ1) is 49.4. The van der Waals surface area contributed by atoms with Crippen molar-refractivity contribution in [1.82, 2.24) is 0 Å². The highest BCUT2D eigenvalue weighted by Gasteiger charge is 2.57. The second-order valence-corrected chi connectivity index (χ2v) is 14.8. The van der Waals surface area contributed by atoms with Gasteiger partial charge in [0.25, 0.3) is 0 Å². The Balaban J connectivity index is 1.60. The summed E-state index contributed by atoms with van der Waals surface area (Å²) < 4.78 is 68.8. The third kappa shape index (κ3) is 12.2. The van der Waals surface area contributed by atoms with Crippen LogP contribution in [-0.2, 0) is 71.2 Å². The van der Waals surface area contributed by atoms with E-state index in [2.05, 4.69) is 0 Å². The van der Waals surface area contributed by atoms with Gasteiger partial charge in [-0.2, -0.15) is 0 Å². The van der Waals surface area contributed by atoms with Gasteiger partial charge in [0, 0.05) is 34.5 Å². The molecule has 23 heteroatoms. The van der Waals surface area contributed by atoms with Crippen LogP contribution >= 0.6 is 0 Å². The maximum absolute atomic E-state index is 12.5. The third-order valence-electron chi connectivity index (χ3n) is 10.3. The summed E-state index contributed by atoms with van der Waals surface area (Å²) in [4.78, 5) is 36.6. The smallest absolute Gasteiger partial charge is 0.303 e. The van der Waals surface area contributed by atoms with Gasteiger partial charge in [0.1, 0.15) is 67.1 Å². The van der Waals surface area contributed by atoms with Gasteiger partial charge < -0.3 is 98.3 Å². The number of hydrogen-bond acceptors (Lipinski definition) is 23. The lowest BCUT2D eigenvalue weighted by Gasteiger charge is -2.49. The molecule has 59 heavy (non-hydrogen) atoms. The standard InChI is InChI=1S/C36H61NO22/c1-14-21(43)29(31(53-17(4)41)35(50-14)57-27-22(44)19(12-38)55-33(24(27)46)49-11-9-7-8-10-37)59-34-25(47)28(23(45)20(13-39)56-34)58-36-32(54-18(5)42)30(48-6)26(15(2)51-36)52-16(3)40/h14-15,19-36,38-39,43-47H,7-13,37H2,1-6H3/t14-,15-,19+,20+,21+,22+,23+,24+,25+,26+,27-,28-,29+,30+,31+,32+,33+,34-,35-,36-/m0/s1. The number of nitrogens with two attached hydrogens (primary N) is 1. The molecule has 0 unspecified atom stereocenters. The Morgan fingerprint density at radius 1 is 0.525 bits per heavy atom. The predicted molar refractivity (Wildman–Crippen MR) is 191 cm³/mol. The summed E-state index contributed by atoms with van der Waals surface area (Å²) in [7, 11) is 1.26. The second-order valence-electron chi connectivity index (χ2n) is 14.8. The Bertz CT molecular complexity index is 1330. The monoisotopic (exact) mass is 859 g/mol. The third-order valence-corrected chi connectivity index (χ3v) is 10.3. The number of carbonyl (C=O) groups is 3. The van der Waals surface area contributed by atoms with Gasteiger partial charge in [0.15, 0.2) is 43.5 Å². The number of carbonyl (C=O) groups excluding carboxylic acids is 3. The molecule has 0 bridgehead atoms. The fourth-order valence-electron chi connectivity index (χ4n) is 7.35. The Morgan fingerprint density at radius 2 is 0.983 bits per heavy atom. The maximum Gasteiger partial charge on any atom is 0.303 e. The van der Waals surface area contributed by atoms with Gasteiger partial charge in [0.05, 0.1) is 25.4 Å². The van der Waals surface area contributed by atoms with E-state index < -0.39 is 154 Å². The van der Waals surface area contributed by atoms with Crippen LogP contribution < -0.4 is 5.73 Å². The molecule has 0 aromatic rings. The van der Waals surface area contributed by atoms with Crippen molar-refractivity contribution in [3.05, 3.63) is 0 Å². The van der Waals surface area contributed by atoms with Crippen LogP contribution in [0.3, 0.4) is 0 Å². The average Bonchev–Trinajstić information content (AvgIpc) is 3.17. The molecule has 0 saturated carbocycles. The number of aliphatic hydroxyl groups is 7. The van der Waals surface area contributed by atoms with Gasteiger partial charge in [0.2, 0.25) is 0 Å². The molecule has 4 rings (SSSR count). The molecular weight excluding hydrogens is 798 g/mol. The minimum atomic E-state index is -1.98. The van der Waals surface area contributed by atoms with Gasteiger partial charge in [-0.3, -0.25) is 14.4 Å². The molecule has 0 amide bonds. The van der Waals surface area contributed by atoms with Crippen molar-refractivity contribution in [2.24, 2.45) is 5.73 Å². The molecular formula is C36H61NO22. The molecule has 0 aromatic carbocycles. The Morgan fingerprint density at radius 3 is 1.47 bits per heavy atom. The van der Waals surface area contributed by atoms with Gasteiger partial charge in [-0.15, -0.1) is 0 Å². The fraction of sp³-hybridized carbons (Fsp3) is 0.917. The zero-order valence-electron chi connectivity index (χ0n) is 33.8. The van der Waals surface area contributed by atoms with Crippen molar-refractivity contribution in [3.63, 3.8) is 0 Å². The van der Waals surface area contributed by atoms with Crippen LogP contribution in [0.4, 0.5) is 0 Å². The SMILES string of the molecule is CO[C@H]1[C@@H](OC(C)=O)[C@H](O[C@@H]2[C@@H](O)[C@H](O[C@@H]3[C@H](O)[C@H](C)O[C@@H](O[C@@H]4[C@@H](O)[C@H](OCCCCCN)O[C@H](CO)[C@H]4O)[C@@H]3OC(C)=O)O[C@H](CO)[C@H]2O)O[C@@H](C)[C@H]1OC(C)=O. The number of aliphatic hydroxyl groups excluding tert-OH is 7. The van der Waals surface area contributed by atoms with E-state index in [4.69, 9.17) is 62.6 Å². The van der Waals surface area contributed by atoms with E-state index in [1.165, 1.54) is 21.0 Å².